The van der Waals surface area contributed by atoms with Crippen molar-refractivity contribution in [3.8, 4) is 0 Å². The van der Waals surface area contributed by atoms with Crippen LogP contribution in [0.25, 0.3) is 11.0 Å². The molecule has 0 saturated carbocycles. The number of fused-ring (bicyclic) bond motifs is 1. The van der Waals surface area contributed by atoms with Crippen LogP contribution in [0.4, 0.5) is 0 Å². The summed E-state index contributed by atoms with van der Waals surface area (Å²) < 4.78 is 2.95. The van der Waals surface area contributed by atoms with E-state index >= 15 is 0 Å². The molecule has 1 N–H and O–H groups in total. The standard InChI is InChI=1S/C13H16ClN3S/c1-16-6-5-9(7-16)8-17-11-4-2-3-10(14)12(11)15-13(17)18/h2-4,9H,5-8H2,1H3,(H,15,18). The monoisotopic (exact) mass is 281 g/mol. The molecule has 3 nitrogen and oxygen atoms in total. The number of para-hydroxylation sites is 1. The van der Waals surface area contributed by atoms with E-state index in [0.29, 0.717) is 5.92 Å². The first kappa shape index (κ1) is 12.2. The summed E-state index contributed by atoms with van der Waals surface area (Å²) in [6, 6.07) is 5.94. The van der Waals surface area contributed by atoms with Gasteiger partial charge in [-0.3, -0.25) is 0 Å². The number of halogens is 1. The van der Waals surface area contributed by atoms with E-state index in [-0.39, 0.29) is 0 Å². The minimum Gasteiger partial charge on any atom is -0.329 e. The van der Waals surface area contributed by atoms with Crippen LogP contribution in [0.2, 0.25) is 5.02 Å². The lowest BCUT2D eigenvalue weighted by atomic mass is 10.1. The maximum Gasteiger partial charge on any atom is 0.178 e. The number of rotatable bonds is 2. The normalized spacial score (nSPS) is 20.9. The summed E-state index contributed by atoms with van der Waals surface area (Å²) >= 11 is 11.6. The molecular formula is C13H16ClN3S. The Morgan fingerprint density at radius 3 is 3.06 bits per heavy atom. The summed E-state index contributed by atoms with van der Waals surface area (Å²) in [7, 11) is 2.17. The largest absolute Gasteiger partial charge is 0.329 e. The summed E-state index contributed by atoms with van der Waals surface area (Å²) in [4.78, 5) is 5.58. The Bertz CT molecular complexity index is 631. The van der Waals surface area contributed by atoms with Crippen LogP contribution in [-0.4, -0.2) is 34.6 Å². The Kier molecular flexibility index (Phi) is 3.18. The van der Waals surface area contributed by atoms with E-state index in [1.54, 1.807) is 0 Å². The van der Waals surface area contributed by atoms with Crippen LogP contribution in [0.5, 0.6) is 0 Å². The lowest BCUT2D eigenvalue weighted by molar-refractivity contribution is 0.379. The van der Waals surface area contributed by atoms with Gasteiger partial charge in [0, 0.05) is 13.1 Å². The minimum atomic E-state index is 0.680. The number of aromatic amines is 1. The van der Waals surface area contributed by atoms with E-state index in [9.17, 15) is 0 Å². The smallest absolute Gasteiger partial charge is 0.178 e. The molecule has 1 aromatic heterocycles. The fourth-order valence-electron chi connectivity index (χ4n) is 2.76. The third-order valence-corrected chi connectivity index (χ3v) is 4.33. The number of likely N-dealkylation sites (tertiary alicyclic amines) is 1. The molecule has 0 spiro atoms. The summed E-state index contributed by atoms with van der Waals surface area (Å²) in [5, 5.41) is 0.737. The molecule has 1 aliphatic rings. The summed E-state index contributed by atoms with van der Waals surface area (Å²) in [6.07, 6.45) is 1.24. The van der Waals surface area contributed by atoms with Crippen molar-refractivity contribution in [2.45, 2.75) is 13.0 Å². The lowest BCUT2D eigenvalue weighted by Crippen LogP contribution is -2.17. The van der Waals surface area contributed by atoms with E-state index in [1.807, 2.05) is 12.1 Å². The Morgan fingerprint density at radius 1 is 1.50 bits per heavy atom. The molecule has 0 amide bonds. The van der Waals surface area contributed by atoms with Gasteiger partial charge in [-0.05, 0) is 50.3 Å². The molecule has 1 saturated heterocycles. The predicted molar refractivity (Wildman–Crippen MR) is 77.7 cm³/mol. The fourth-order valence-corrected chi connectivity index (χ4v) is 3.25. The highest BCUT2D eigenvalue weighted by molar-refractivity contribution is 7.71. The van der Waals surface area contributed by atoms with E-state index in [1.165, 1.54) is 13.0 Å². The molecule has 0 aliphatic carbocycles. The van der Waals surface area contributed by atoms with Crippen LogP contribution in [0, 0.1) is 10.7 Å². The second-order valence-corrected chi connectivity index (χ2v) is 5.89. The molecule has 2 aromatic rings. The van der Waals surface area contributed by atoms with E-state index < -0.39 is 0 Å². The van der Waals surface area contributed by atoms with Crippen molar-refractivity contribution in [2.75, 3.05) is 20.1 Å². The van der Waals surface area contributed by atoms with Gasteiger partial charge >= 0.3 is 0 Å². The number of hydrogen-bond acceptors (Lipinski definition) is 2. The highest BCUT2D eigenvalue weighted by atomic mass is 35.5. The molecule has 3 rings (SSSR count). The number of nitrogens with one attached hydrogen (secondary N) is 1. The molecule has 18 heavy (non-hydrogen) atoms. The van der Waals surface area contributed by atoms with Gasteiger partial charge in [-0.15, -0.1) is 0 Å². The average molecular weight is 282 g/mol. The van der Waals surface area contributed by atoms with E-state index in [2.05, 4.69) is 27.6 Å². The highest BCUT2D eigenvalue weighted by Gasteiger charge is 2.21. The molecule has 1 aromatic carbocycles. The van der Waals surface area contributed by atoms with Crippen molar-refractivity contribution in [1.82, 2.24) is 14.5 Å². The number of benzene rings is 1. The lowest BCUT2D eigenvalue weighted by Gasteiger charge is -2.12. The van der Waals surface area contributed by atoms with Gasteiger partial charge in [0.05, 0.1) is 16.1 Å². The van der Waals surface area contributed by atoms with Gasteiger partial charge in [0.1, 0.15) is 0 Å². The summed E-state index contributed by atoms with van der Waals surface area (Å²) in [6.45, 7) is 3.31. The number of imidazole rings is 1. The maximum absolute atomic E-state index is 6.18. The summed E-state index contributed by atoms with van der Waals surface area (Å²) in [5.41, 5.74) is 2.07. The summed E-state index contributed by atoms with van der Waals surface area (Å²) in [5.74, 6) is 0.680. The number of aromatic nitrogens is 2. The first-order valence-corrected chi connectivity index (χ1v) is 6.99. The van der Waals surface area contributed by atoms with E-state index in [0.717, 1.165) is 33.9 Å². The Hall–Kier alpha value is -0.840. The quantitative estimate of drug-likeness (QED) is 0.854. The molecule has 1 atom stereocenters. The van der Waals surface area contributed by atoms with Crippen molar-refractivity contribution in [1.29, 1.82) is 0 Å². The zero-order chi connectivity index (χ0) is 12.7. The van der Waals surface area contributed by atoms with Gasteiger partial charge in [-0.25, -0.2) is 0 Å². The van der Waals surface area contributed by atoms with Crippen molar-refractivity contribution >= 4 is 34.9 Å². The van der Waals surface area contributed by atoms with Gasteiger partial charge < -0.3 is 14.5 Å². The predicted octanol–water partition coefficient (Wildman–Crippen LogP) is 3.30. The molecule has 96 valence electrons. The molecule has 1 fully saturated rings. The Labute approximate surface area is 116 Å². The second-order valence-electron chi connectivity index (χ2n) is 5.09. The van der Waals surface area contributed by atoms with Crippen molar-refractivity contribution in [3.63, 3.8) is 0 Å². The molecule has 1 aliphatic heterocycles. The number of hydrogen-bond donors (Lipinski definition) is 1. The van der Waals surface area contributed by atoms with E-state index in [4.69, 9.17) is 23.8 Å². The number of nitrogens with zero attached hydrogens (tertiary/aromatic N) is 2. The third kappa shape index (κ3) is 2.09. The van der Waals surface area contributed by atoms with Crippen LogP contribution >= 0.6 is 23.8 Å². The molecular weight excluding hydrogens is 266 g/mol. The SMILES string of the molecule is CN1CCC(Cn2c(=S)[nH]c3c(Cl)cccc32)C1. The number of H-pyrrole nitrogens is 1. The Morgan fingerprint density at radius 2 is 2.33 bits per heavy atom. The molecule has 5 heteroatoms. The third-order valence-electron chi connectivity index (χ3n) is 3.69. The van der Waals surface area contributed by atoms with Crippen molar-refractivity contribution < 1.29 is 0 Å². The topological polar surface area (TPSA) is 24.0 Å². The van der Waals surface area contributed by atoms with Crippen LogP contribution in [0.1, 0.15) is 6.42 Å². The van der Waals surface area contributed by atoms with Gasteiger partial charge in [0.2, 0.25) is 0 Å². The molecule has 2 heterocycles. The van der Waals surface area contributed by atoms with Crippen LogP contribution in [0.15, 0.2) is 18.2 Å². The van der Waals surface area contributed by atoms with Gasteiger partial charge in [-0.2, -0.15) is 0 Å². The maximum atomic E-state index is 6.18. The first-order valence-electron chi connectivity index (χ1n) is 6.20. The molecule has 0 radical (unpaired) electrons. The second kappa shape index (κ2) is 4.68. The molecule has 1 unspecified atom stereocenters. The van der Waals surface area contributed by atoms with Gasteiger partial charge in [0.15, 0.2) is 4.77 Å². The highest BCUT2D eigenvalue weighted by Crippen LogP contribution is 2.25. The van der Waals surface area contributed by atoms with Crippen molar-refractivity contribution in [2.24, 2.45) is 5.92 Å². The van der Waals surface area contributed by atoms with Gasteiger partial charge in [-0.1, -0.05) is 17.7 Å². The average Bonchev–Trinajstić information content (AvgIpc) is 2.87. The fraction of sp³-hybridized carbons (Fsp3) is 0.462. The molecule has 0 bridgehead atoms. The minimum absolute atomic E-state index is 0.680. The van der Waals surface area contributed by atoms with Crippen LogP contribution in [0.3, 0.4) is 0 Å². The van der Waals surface area contributed by atoms with Crippen LogP contribution in [-0.2, 0) is 6.54 Å². The van der Waals surface area contributed by atoms with Crippen LogP contribution < -0.4 is 0 Å². The van der Waals surface area contributed by atoms with Crippen molar-refractivity contribution in [3.05, 3.63) is 28.0 Å². The zero-order valence-electron chi connectivity index (χ0n) is 10.3. The first-order chi connectivity index (χ1) is 8.65. The van der Waals surface area contributed by atoms with Gasteiger partial charge in [0.25, 0.3) is 0 Å². The zero-order valence-corrected chi connectivity index (χ0v) is 11.9. The Balaban J connectivity index is 1.99.